The number of nitro groups is 1. The zero-order valence-corrected chi connectivity index (χ0v) is 18.5. The molecule has 34 heavy (non-hydrogen) atoms. The molecule has 8 heteroatoms. The van der Waals surface area contributed by atoms with E-state index in [1.165, 1.54) is 24.3 Å². The molecule has 0 spiro atoms. The summed E-state index contributed by atoms with van der Waals surface area (Å²) in [5.41, 5.74) is 7.82. The molecule has 0 aliphatic carbocycles. The Morgan fingerprint density at radius 2 is 1.21 bits per heavy atom. The van der Waals surface area contributed by atoms with Crippen molar-refractivity contribution < 1.29 is 23.2 Å². The Morgan fingerprint density at radius 3 is 1.68 bits per heavy atom. The highest BCUT2D eigenvalue weighted by Gasteiger charge is 2.13. The van der Waals surface area contributed by atoms with Gasteiger partial charge in [0.1, 0.15) is 11.5 Å². The van der Waals surface area contributed by atoms with Gasteiger partial charge in [-0.25, -0.2) is 8.78 Å². The number of nitro benzene ring substituents is 1. The minimum atomic E-state index is -0.513. The molecule has 0 saturated carbocycles. The third-order valence-corrected chi connectivity index (χ3v) is 4.76. The molecular formula is C26H22F2N2O4. The van der Waals surface area contributed by atoms with Crippen LogP contribution in [0.5, 0.6) is 23.0 Å². The SMILES string of the molecule is Cc1ccc(Oc2ccccc2F)cc1N.Cc1ccc(Oc2ccccc2F)cc1[N+](=O)[O-]. The number of anilines is 1. The Kier molecular flexibility index (Phi) is 7.76. The molecule has 0 aromatic heterocycles. The lowest BCUT2D eigenvalue weighted by Gasteiger charge is -2.08. The first-order valence-electron chi connectivity index (χ1n) is 10.2. The molecule has 0 atom stereocenters. The van der Waals surface area contributed by atoms with Gasteiger partial charge in [0.2, 0.25) is 0 Å². The zero-order valence-electron chi connectivity index (χ0n) is 18.5. The number of ether oxygens (including phenoxy) is 2. The second kappa shape index (κ2) is 10.9. The maximum absolute atomic E-state index is 13.4. The van der Waals surface area contributed by atoms with Crippen molar-refractivity contribution in [1.82, 2.24) is 0 Å². The molecule has 0 aliphatic rings. The Balaban J connectivity index is 0.000000192. The normalized spacial score (nSPS) is 10.1. The maximum Gasteiger partial charge on any atom is 0.276 e. The topological polar surface area (TPSA) is 87.6 Å². The standard InChI is InChI=1S/C13H10FNO3.C13H12FNO/c1-9-6-7-10(8-12(9)15(16)17)18-13-5-3-2-4-11(13)14;1-9-6-7-10(8-12(9)15)16-13-5-3-2-4-11(13)14/h2-8H,1H3;2-8H,15H2,1H3. The molecule has 0 radical (unpaired) electrons. The number of rotatable bonds is 5. The fraction of sp³-hybridized carbons (Fsp3) is 0.0769. The molecule has 0 fully saturated rings. The summed E-state index contributed by atoms with van der Waals surface area (Å²) >= 11 is 0. The van der Waals surface area contributed by atoms with Crippen LogP contribution in [0.15, 0.2) is 84.9 Å². The summed E-state index contributed by atoms with van der Waals surface area (Å²) < 4.78 is 37.3. The summed E-state index contributed by atoms with van der Waals surface area (Å²) in [5, 5.41) is 10.8. The van der Waals surface area contributed by atoms with E-state index in [-0.39, 0.29) is 28.8 Å². The van der Waals surface area contributed by atoms with Gasteiger partial charge in [-0.05, 0) is 61.9 Å². The van der Waals surface area contributed by atoms with Crippen molar-refractivity contribution in [1.29, 1.82) is 0 Å². The van der Waals surface area contributed by atoms with E-state index in [0.717, 1.165) is 5.56 Å². The van der Waals surface area contributed by atoms with E-state index in [4.69, 9.17) is 15.2 Å². The summed E-state index contributed by atoms with van der Waals surface area (Å²) in [4.78, 5) is 10.3. The zero-order chi connectivity index (χ0) is 24.7. The predicted octanol–water partition coefficient (Wildman–Crippen LogP) is 7.34. The summed E-state index contributed by atoms with van der Waals surface area (Å²) in [6, 6.07) is 21.8. The molecular weight excluding hydrogens is 442 g/mol. The van der Waals surface area contributed by atoms with Crippen LogP contribution in [0.4, 0.5) is 20.2 Å². The van der Waals surface area contributed by atoms with Crippen molar-refractivity contribution in [2.24, 2.45) is 0 Å². The number of hydrogen-bond acceptors (Lipinski definition) is 5. The van der Waals surface area contributed by atoms with Crippen LogP contribution in [0.1, 0.15) is 11.1 Å². The Bertz CT molecular complexity index is 1310. The number of para-hydroxylation sites is 2. The molecule has 4 aromatic rings. The minimum absolute atomic E-state index is 0.0376. The fourth-order valence-corrected chi connectivity index (χ4v) is 2.84. The molecule has 4 aromatic carbocycles. The fourth-order valence-electron chi connectivity index (χ4n) is 2.84. The minimum Gasteiger partial charge on any atom is -0.454 e. The lowest BCUT2D eigenvalue weighted by Crippen LogP contribution is -1.93. The number of nitrogens with zero attached hydrogens (tertiary/aromatic N) is 1. The number of benzene rings is 4. The van der Waals surface area contributed by atoms with Gasteiger partial charge in [0.15, 0.2) is 23.1 Å². The molecule has 0 aliphatic heterocycles. The molecule has 0 amide bonds. The second-order valence-corrected chi connectivity index (χ2v) is 7.29. The summed E-state index contributed by atoms with van der Waals surface area (Å²) in [5.74, 6) is 0.106. The number of nitrogens with two attached hydrogens (primary N) is 1. The van der Waals surface area contributed by atoms with Crippen LogP contribution in [-0.2, 0) is 0 Å². The molecule has 0 saturated heterocycles. The Hall–Kier alpha value is -4.46. The van der Waals surface area contributed by atoms with Crippen molar-refractivity contribution in [3.63, 3.8) is 0 Å². The van der Waals surface area contributed by atoms with Crippen molar-refractivity contribution >= 4 is 11.4 Å². The van der Waals surface area contributed by atoms with Gasteiger partial charge >= 0.3 is 0 Å². The van der Waals surface area contributed by atoms with Crippen molar-refractivity contribution in [3.8, 4) is 23.0 Å². The van der Waals surface area contributed by atoms with Crippen LogP contribution >= 0.6 is 0 Å². The molecule has 0 bridgehead atoms. The van der Waals surface area contributed by atoms with E-state index in [2.05, 4.69) is 0 Å². The third-order valence-electron chi connectivity index (χ3n) is 4.76. The van der Waals surface area contributed by atoms with Gasteiger partial charge in [-0.3, -0.25) is 10.1 Å². The Labute approximate surface area is 195 Å². The van der Waals surface area contributed by atoms with Gasteiger partial charge < -0.3 is 15.2 Å². The number of aryl methyl sites for hydroxylation is 2. The molecule has 6 nitrogen and oxygen atoms in total. The lowest BCUT2D eigenvalue weighted by atomic mass is 10.2. The second-order valence-electron chi connectivity index (χ2n) is 7.29. The van der Waals surface area contributed by atoms with Crippen molar-refractivity contribution in [2.45, 2.75) is 13.8 Å². The highest BCUT2D eigenvalue weighted by atomic mass is 19.1. The maximum atomic E-state index is 13.4. The monoisotopic (exact) mass is 464 g/mol. The quantitative estimate of drug-likeness (QED) is 0.190. The van der Waals surface area contributed by atoms with Gasteiger partial charge in [-0.1, -0.05) is 30.3 Å². The largest absolute Gasteiger partial charge is 0.454 e. The van der Waals surface area contributed by atoms with Crippen LogP contribution in [0.25, 0.3) is 0 Å². The summed E-state index contributed by atoms with van der Waals surface area (Å²) in [6.07, 6.45) is 0. The van der Waals surface area contributed by atoms with E-state index >= 15 is 0 Å². The van der Waals surface area contributed by atoms with Crippen LogP contribution < -0.4 is 15.2 Å². The van der Waals surface area contributed by atoms with E-state index in [0.29, 0.717) is 17.0 Å². The lowest BCUT2D eigenvalue weighted by molar-refractivity contribution is -0.385. The number of hydrogen-bond donors (Lipinski definition) is 1. The smallest absolute Gasteiger partial charge is 0.276 e. The van der Waals surface area contributed by atoms with Crippen molar-refractivity contribution in [2.75, 3.05) is 5.73 Å². The number of nitrogen functional groups attached to an aromatic ring is 1. The molecule has 0 unspecified atom stereocenters. The molecule has 0 heterocycles. The Morgan fingerprint density at radius 1 is 0.735 bits per heavy atom. The van der Waals surface area contributed by atoms with Crippen molar-refractivity contribution in [3.05, 3.63) is 118 Å². The first-order valence-corrected chi connectivity index (χ1v) is 10.2. The highest BCUT2D eigenvalue weighted by Crippen LogP contribution is 2.29. The molecule has 4 rings (SSSR count). The van der Waals surface area contributed by atoms with E-state index in [1.807, 2.05) is 13.0 Å². The third kappa shape index (κ3) is 6.29. The van der Waals surface area contributed by atoms with Crippen LogP contribution in [0, 0.1) is 35.6 Å². The van der Waals surface area contributed by atoms with E-state index in [1.54, 1.807) is 61.5 Å². The van der Waals surface area contributed by atoms with Crippen LogP contribution in [-0.4, -0.2) is 4.92 Å². The number of halogens is 2. The summed E-state index contributed by atoms with van der Waals surface area (Å²) in [6.45, 7) is 3.53. The highest BCUT2D eigenvalue weighted by molar-refractivity contribution is 5.51. The van der Waals surface area contributed by atoms with Gasteiger partial charge in [0.25, 0.3) is 5.69 Å². The predicted molar refractivity (Wildman–Crippen MR) is 126 cm³/mol. The average molecular weight is 464 g/mol. The summed E-state index contributed by atoms with van der Waals surface area (Å²) in [7, 11) is 0. The molecule has 174 valence electrons. The molecule has 2 N–H and O–H groups in total. The van der Waals surface area contributed by atoms with Gasteiger partial charge in [0, 0.05) is 17.3 Å². The van der Waals surface area contributed by atoms with Gasteiger partial charge in [-0.2, -0.15) is 0 Å². The van der Waals surface area contributed by atoms with E-state index < -0.39 is 10.7 Å². The first kappa shape index (κ1) is 24.2. The first-order chi connectivity index (χ1) is 16.2. The van der Waals surface area contributed by atoms with Crippen LogP contribution in [0.2, 0.25) is 0 Å². The average Bonchev–Trinajstić information content (AvgIpc) is 2.81. The van der Waals surface area contributed by atoms with E-state index in [9.17, 15) is 18.9 Å². The van der Waals surface area contributed by atoms with Crippen LogP contribution in [0.3, 0.4) is 0 Å². The van der Waals surface area contributed by atoms with Gasteiger partial charge in [0.05, 0.1) is 11.0 Å². The van der Waals surface area contributed by atoms with Gasteiger partial charge in [-0.15, -0.1) is 0 Å².